The molecule has 1 heterocycles. The largest absolute Gasteiger partial charge is 0.477 e. The summed E-state index contributed by atoms with van der Waals surface area (Å²) in [5.41, 5.74) is 0. The molecule has 1 atom stereocenters. The lowest BCUT2D eigenvalue weighted by Gasteiger charge is -2.00. The van der Waals surface area contributed by atoms with Crippen molar-refractivity contribution in [3.8, 4) is 0 Å². The second kappa shape index (κ2) is 5.65. The molecule has 0 bridgehead atoms. The van der Waals surface area contributed by atoms with E-state index >= 15 is 0 Å². The van der Waals surface area contributed by atoms with Crippen LogP contribution < -0.4 is 0 Å². The molecule has 0 amide bonds. The van der Waals surface area contributed by atoms with Crippen LogP contribution in [0.2, 0.25) is 5.02 Å². The van der Waals surface area contributed by atoms with Crippen LogP contribution in [0.3, 0.4) is 0 Å². The van der Waals surface area contributed by atoms with Gasteiger partial charge in [0.2, 0.25) is 0 Å². The third-order valence-corrected chi connectivity index (χ3v) is 5.05. The Morgan fingerprint density at radius 2 is 2.11 bits per heavy atom. The van der Waals surface area contributed by atoms with E-state index in [1.54, 1.807) is 30.3 Å². The molecule has 0 fully saturated rings. The van der Waals surface area contributed by atoms with E-state index in [1.807, 2.05) is 0 Å². The van der Waals surface area contributed by atoms with Crippen LogP contribution in [0.5, 0.6) is 0 Å². The Balaban J connectivity index is 2.13. The van der Waals surface area contributed by atoms with E-state index in [1.165, 1.54) is 6.07 Å². The average molecular weight is 301 g/mol. The zero-order valence-corrected chi connectivity index (χ0v) is 11.5. The lowest BCUT2D eigenvalue weighted by molar-refractivity contribution is 0.0702. The van der Waals surface area contributed by atoms with E-state index < -0.39 is 16.8 Å². The predicted octanol–water partition coefficient (Wildman–Crippen LogP) is 3.41. The van der Waals surface area contributed by atoms with E-state index in [-0.39, 0.29) is 4.88 Å². The van der Waals surface area contributed by atoms with Gasteiger partial charge in [0, 0.05) is 14.8 Å². The second-order valence-electron chi connectivity index (χ2n) is 3.52. The van der Waals surface area contributed by atoms with Crippen LogP contribution >= 0.6 is 22.9 Å². The molecule has 3 nitrogen and oxygen atoms in total. The van der Waals surface area contributed by atoms with Gasteiger partial charge >= 0.3 is 5.97 Å². The van der Waals surface area contributed by atoms with E-state index in [2.05, 4.69) is 0 Å². The molecule has 18 heavy (non-hydrogen) atoms. The molecule has 2 aromatic rings. The number of aromatic carboxylic acids is 1. The molecule has 0 aliphatic carbocycles. The quantitative estimate of drug-likeness (QED) is 0.941. The van der Waals surface area contributed by atoms with Crippen molar-refractivity contribution in [3.05, 3.63) is 51.2 Å². The fourth-order valence-electron chi connectivity index (χ4n) is 1.39. The van der Waals surface area contributed by atoms with E-state index in [0.717, 1.165) is 16.2 Å². The summed E-state index contributed by atoms with van der Waals surface area (Å²) in [6.07, 6.45) is 0. The number of halogens is 1. The zero-order chi connectivity index (χ0) is 13.1. The molecule has 1 unspecified atom stereocenters. The molecule has 0 spiro atoms. The fraction of sp³-hybridized carbons (Fsp3) is 0.0833. The normalized spacial score (nSPS) is 12.3. The van der Waals surface area contributed by atoms with Crippen LogP contribution in [0.1, 0.15) is 14.5 Å². The molecular weight excluding hydrogens is 292 g/mol. The molecular formula is C12H9ClO3S2. The second-order valence-corrected chi connectivity index (χ2v) is 6.57. The number of carboxylic acid groups (broad SMARTS) is 1. The first kappa shape index (κ1) is 13.3. The lowest BCUT2D eigenvalue weighted by Crippen LogP contribution is -1.94. The van der Waals surface area contributed by atoms with E-state index in [9.17, 15) is 9.00 Å². The average Bonchev–Trinajstić information content (AvgIpc) is 2.77. The fourth-order valence-corrected chi connectivity index (χ4v) is 3.86. The Morgan fingerprint density at radius 1 is 1.33 bits per heavy atom. The SMILES string of the molecule is O=C(O)c1ccc(CS(=O)c2cccc(Cl)c2)s1. The third kappa shape index (κ3) is 3.19. The molecule has 1 N–H and O–H groups in total. The van der Waals surface area contributed by atoms with Crippen LogP contribution in [0.15, 0.2) is 41.3 Å². The molecule has 0 radical (unpaired) electrons. The van der Waals surface area contributed by atoms with Crippen LogP contribution in [-0.4, -0.2) is 15.3 Å². The smallest absolute Gasteiger partial charge is 0.345 e. The first-order valence-corrected chi connectivity index (χ1v) is 7.53. The van der Waals surface area contributed by atoms with Gasteiger partial charge in [-0.3, -0.25) is 4.21 Å². The first-order chi connectivity index (χ1) is 8.56. The topological polar surface area (TPSA) is 54.4 Å². The zero-order valence-electron chi connectivity index (χ0n) is 9.13. The highest BCUT2D eigenvalue weighted by Crippen LogP contribution is 2.21. The van der Waals surface area contributed by atoms with Crippen molar-refractivity contribution in [2.45, 2.75) is 10.6 Å². The Labute approximate surface area is 115 Å². The molecule has 6 heteroatoms. The molecule has 0 saturated carbocycles. The molecule has 2 rings (SSSR count). The molecule has 0 aliphatic rings. The van der Waals surface area contributed by atoms with Gasteiger partial charge in [-0.15, -0.1) is 11.3 Å². The minimum Gasteiger partial charge on any atom is -0.477 e. The van der Waals surface area contributed by atoms with Crippen LogP contribution in [0, 0.1) is 0 Å². The maximum Gasteiger partial charge on any atom is 0.345 e. The predicted molar refractivity (Wildman–Crippen MR) is 72.8 cm³/mol. The summed E-state index contributed by atoms with van der Waals surface area (Å²) in [4.78, 5) is 12.4. The number of hydrogen-bond donors (Lipinski definition) is 1. The van der Waals surface area contributed by atoms with Gasteiger partial charge in [0.05, 0.1) is 16.6 Å². The monoisotopic (exact) mass is 300 g/mol. The van der Waals surface area contributed by atoms with Crippen molar-refractivity contribution in [1.82, 2.24) is 0 Å². The molecule has 1 aromatic carbocycles. The standard InChI is InChI=1S/C12H9ClO3S2/c13-8-2-1-3-10(6-8)18(16)7-9-4-5-11(17-9)12(14)15/h1-6H,7H2,(H,14,15). The maximum absolute atomic E-state index is 12.1. The van der Waals surface area contributed by atoms with Gasteiger partial charge in [0.15, 0.2) is 0 Å². The number of thiophene rings is 1. The van der Waals surface area contributed by atoms with Gasteiger partial charge in [-0.05, 0) is 30.3 Å². The Kier molecular flexibility index (Phi) is 4.16. The van der Waals surface area contributed by atoms with E-state index in [4.69, 9.17) is 16.7 Å². The van der Waals surface area contributed by atoms with Gasteiger partial charge in [0.25, 0.3) is 0 Å². The molecule has 1 aromatic heterocycles. The van der Waals surface area contributed by atoms with Gasteiger partial charge in [0.1, 0.15) is 4.88 Å². The van der Waals surface area contributed by atoms with Gasteiger partial charge in [-0.2, -0.15) is 0 Å². The number of hydrogen-bond acceptors (Lipinski definition) is 3. The van der Waals surface area contributed by atoms with Crippen molar-refractivity contribution in [3.63, 3.8) is 0 Å². The maximum atomic E-state index is 12.1. The van der Waals surface area contributed by atoms with Crippen LogP contribution in [0.4, 0.5) is 0 Å². The number of carbonyl (C=O) groups is 1. The summed E-state index contributed by atoms with van der Waals surface area (Å²) in [7, 11) is -1.21. The Morgan fingerprint density at radius 3 is 2.72 bits per heavy atom. The summed E-state index contributed by atoms with van der Waals surface area (Å²) in [5, 5.41) is 9.34. The number of carboxylic acids is 1. The Bertz CT molecular complexity index is 607. The summed E-state index contributed by atoms with van der Waals surface area (Å²) in [5.74, 6) is -0.655. The van der Waals surface area contributed by atoms with Crippen molar-refractivity contribution in [2.75, 3.05) is 0 Å². The summed E-state index contributed by atoms with van der Waals surface area (Å²) in [6, 6.07) is 10.1. The highest BCUT2D eigenvalue weighted by Gasteiger charge is 2.10. The highest BCUT2D eigenvalue weighted by molar-refractivity contribution is 7.84. The summed E-state index contributed by atoms with van der Waals surface area (Å²) in [6.45, 7) is 0. The van der Waals surface area contributed by atoms with Crippen LogP contribution in [-0.2, 0) is 16.6 Å². The summed E-state index contributed by atoms with van der Waals surface area (Å²) >= 11 is 6.97. The first-order valence-electron chi connectivity index (χ1n) is 5.02. The molecule has 0 aliphatic heterocycles. The highest BCUT2D eigenvalue weighted by atomic mass is 35.5. The summed E-state index contributed by atoms with van der Waals surface area (Å²) < 4.78 is 12.1. The van der Waals surface area contributed by atoms with Crippen LogP contribution in [0.25, 0.3) is 0 Å². The molecule has 94 valence electrons. The minimum atomic E-state index is -1.21. The van der Waals surface area contributed by atoms with Gasteiger partial charge in [-0.1, -0.05) is 17.7 Å². The van der Waals surface area contributed by atoms with Crippen molar-refractivity contribution >= 4 is 39.7 Å². The minimum absolute atomic E-state index is 0.257. The number of benzene rings is 1. The van der Waals surface area contributed by atoms with Crippen molar-refractivity contribution < 1.29 is 14.1 Å². The van der Waals surface area contributed by atoms with Crippen molar-refractivity contribution in [1.29, 1.82) is 0 Å². The number of rotatable bonds is 4. The lowest BCUT2D eigenvalue weighted by atomic mass is 10.4. The Hall–Kier alpha value is -1.17. The van der Waals surface area contributed by atoms with Gasteiger partial charge in [-0.25, -0.2) is 4.79 Å². The molecule has 0 saturated heterocycles. The van der Waals surface area contributed by atoms with Gasteiger partial charge < -0.3 is 5.11 Å². The van der Waals surface area contributed by atoms with E-state index in [0.29, 0.717) is 15.7 Å². The third-order valence-electron chi connectivity index (χ3n) is 2.20. The van der Waals surface area contributed by atoms with Crippen molar-refractivity contribution in [2.24, 2.45) is 0 Å².